The van der Waals surface area contributed by atoms with Gasteiger partial charge in [-0.3, -0.25) is 4.79 Å². The van der Waals surface area contributed by atoms with Crippen LogP contribution in [-0.2, 0) is 9.59 Å². The number of carboxylic acid groups (broad SMARTS) is 1. The van der Waals surface area contributed by atoms with Crippen molar-refractivity contribution in [3.63, 3.8) is 0 Å². The lowest BCUT2D eigenvalue weighted by Gasteiger charge is -2.29. The highest BCUT2D eigenvalue weighted by atomic mass is 19.4. The Labute approximate surface area is 82.9 Å². The molecular formula is C7H10F3NO4. The lowest BCUT2D eigenvalue weighted by molar-refractivity contribution is -0.179. The molecule has 0 aromatic heterocycles. The number of alkyl halides is 3. The number of carboxylic acids is 1. The Morgan fingerprint density at radius 2 is 1.73 bits per heavy atom. The van der Waals surface area contributed by atoms with Crippen LogP contribution in [0.4, 0.5) is 13.2 Å². The molecule has 0 fully saturated rings. The number of halogens is 3. The zero-order valence-corrected chi connectivity index (χ0v) is 7.92. The third-order valence-corrected chi connectivity index (χ3v) is 1.91. The van der Waals surface area contributed by atoms with Crippen LogP contribution in [0.2, 0.25) is 0 Å². The average molecular weight is 229 g/mol. The maximum absolute atomic E-state index is 11.8. The first-order valence-corrected chi connectivity index (χ1v) is 3.82. The van der Waals surface area contributed by atoms with Crippen LogP contribution in [0.5, 0.6) is 0 Å². The zero-order valence-electron chi connectivity index (χ0n) is 7.92. The van der Waals surface area contributed by atoms with Crippen LogP contribution in [0, 0.1) is 0 Å². The Bertz CT molecular complexity index is 276. The van der Waals surface area contributed by atoms with Crippen molar-refractivity contribution in [1.82, 2.24) is 5.32 Å². The van der Waals surface area contributed by atoms with Gasteiger partial charge in [0.25, 0.3) is 0 Å². The number of hydrogen-bond acceptors (Lipinski definition) is 3. The van der Waals surface area contributed by atoms with Crippen molar-refractivity contribution >= 4 is 11.9 Å². The Morgan fingerprint density at radius 3 is 1.93 bits per heavy atom. The fraction of sp³-hybridized carbons (Fsp3) is 0.714. The monoisotopic (exact) mass is 229 g/mol. The highest BCUT2D eigenvalue weighted by Gasteiger charge is 2.47. The van der Waals surface area contributed by atoms with Crippen molar-refractivity contribution in [3.05, 3.63) is 0 Å². The molecule has 0 bridgehead atoms. The van der Waals surface area contributed by atoms with Gasteiger partial charge in [0.2, 0.25) is 0 Å². The first kappa shape index (κ1) is 13.7. The topological polar surface area (TPSA) is 86.6 Å². The van der Waals surface area contributed by atoms with Crippen LogP contribution < -0.4 is 5.32 Å². The van der Waals surface area contributed by atoms with Gasteiger partial charge in [-0.2, -0.15) is 13.2 Å². The number of carbonyl (C=O) groups excluding carboxylic acids is 1. The molecule has 5 nitrogen and oxygen atoms in total. The van der Waals surface area contributed by atoms with Gasteiger partial charge in [0.1, 0.15) is 0 Å². The minimum absolute atomic E-state index is 0.781. The van der Waals surface area contributed by atoms with Crippen LogP contribution >= 0.6 is 0 Å². The van der Waals surface area contributed by atoms with Crippen molar-refractivity contribution in [3.8, 4) is 0 Å². The number of aliphatic hydroxyl groups excluding tert-OH is 1. The molecule has 0 saturated heterocycles. The van der Waals surface area contributed by atoms with Gasteiger partial charge < -0.3 is 15.5 Å². The fourth-order valence-electron chi connectivity index (χ4n) is 0.643. The molecule has 0 spiro atoms. The van der Waals surface area contributed by atoms with E-state index in [1.807, 2.05) is 0 Å². The van der Waals surface area contributed by atoms with Gasteiger partial charge >= 0.3 is 18.1 Å². The van der Waals surface area contributed by atoms with E-state index in [9.17, 15) is 22.8 Å². The van der Waals surface area contributed by atoms with Gasteiger partial charge in [-0.05, 0) is 13.8 Å². The van der Waals surface area contributed by atoms with E-state index < -0.39 is 29.7 Å². The van der Waals surface area contributed by atoms with E-state index in [4.69, 9.17) is 10.2 Å². The lowest BCUT2D eigenvalue weighted by Crippen LogP contribution is -2.61. The third-order valence-electron chi connectivity index (χ3n) is 1.91. The molecule has 0 aliphatic heterocycles. The van der Waals surface area contributed by atoms with Crippen LogP contribution in [-0.4, -0.2) is 39.9 Å². The van der Waals surface area contributed by atoms with Crippen molar-refractivity contribution < 1.29 is 33.0 Å². The van der Waals surface area contributed by atoms with E-state index in [1.54, 1.807) is 0 Å². The normalized spacial score (nSPS) is 17.7. The third kappa shape index (κ3) is 3.08. The summed E-state index contributed by atoms with van der Waals surface area (Å²) in [6, 6.07) is 0. The van der Waals surface area contributed by atoms with E-state index in [0.29, 0.717) is 0 Å². The van der Waals surface area contributed by atoms with Crippen LogP contribution in [0.1, 0.15) is 13.8 Å². The molecule has 8 heteroatoms. The average Bonchev–Trinajstić information content (AvgIpc) is 2.01. The first-order valence-electron chi connectivity index (χ1n) is 3.82. The van der Waals surface area contributed by atoms with Gasteiger partial charge in [0.05, 0.1) is 6.10 Å². The van der Waals surface area contributed by atoms with Gasteiger partial charge in [-0.25, -0.2) is 4.79 Å². The predicted molar refractivity (Wildman–Crippen MR) is 41.9 cm³/mol. The number of amides is 1. The Morgan fingerprint density at radius 1 is 1.33 bits per heavy atom. The molecule has 0 saturated carbocycles. The summed E-state index contributed by atoms with van der Waals surface area (Å²) in [5.41, 5.74) is -2.37. The number of hydrogen-bond donors (Lipinski definition) is 3. The summed E-state index contributed by atoms with van der Waals surface area (Å²) < 4.78 is 35.5. The number of nitrogens with one attached hydrogen (secondary N) is 1. The smallest absolute Gasteiger partial charge is 0.471 e. The molecular weight excluding hydrogens is 219 g/mol. The van der Waals surface area contributed by atoms with Crippen LogP contribution in [0.15, 0.2) is 0 Å². The van der Waals surface area contributed by atoms with Gasteiger partial charge in [0.15, 0.2) is 5.54 Å². The SMILES string of the molecule is CC(O)C(C)(NC(=O)C(F)(F)F)C(=O)O. The second-order valence-corrected chi connectivity index (χ2v) is 3.14. The van der Waals surface area contributed by atoms with Crippen molar-refractivity contribution in [2.45, 2.75) is 31.7 Å². The first-order chi connectivity index (χ1) is 6.51. The van der Waals surface area contributed by atoms with Crippen LogP contribution in [0.25, 0.3) is 0 Å². The molecule has 0 aliphatic carbocycles. The summed E-state index contributed by atoms with van der Waals surface area (Å²) in [6.45, 7) is 1.74. The van der Waals surface area contributed by atoms with E-state index >= 15 is 0 Å². The van der Waals surface area contributed by atoms with E-state index in [0.717, 1.165) is 13.8 Å². The molecule has 2 atom stereocenters. The summed E-state index contributed by atoms with van der Waals surface area (Å²) in [4.78, 5) is 21.1. The minimum atomic E-state index is -5.19. The molecule has 0 radical (unpaired) electrons. The number of carbonyl (C=O) groups is 2. The number of aliphatic carboxylic acids is 1. The predicted octanol–water partition coefficient (Wildman–Crippen LogP) is -0.111. The molecule has 15 heavy (non-hydrogen) atoms. The highest BCUT2D eigenvalue weighted by molar-refractivity contribution is 5.89. The summed E-state index contributed by atoms with van der Waals surface area (Å²) in [5, 5.41) is 18.8. The Hall–Kier alpha value is -1.31. The van der Waals surface area contributed by atoms with Crippen molar-refractivity contribution in [2.24, 2.45) is 0 Å². The largest absolute Gasteiger partial charge is 0.479 e. The maximum Gasteiger partial charge on any atom is 0.471 e. The quantitative estimate of drug-likeness (QED) is 0.630. The molecule has 0 heterocycles. The van der Waals surface area contributed by atoms with Crippen LogP contribution in [0.3, 0.4) is 0 Å². The van der Waals surface area contributed by atoms with Gasteiger partial charge in [-0.1, -0.05) is 0 Å². The minimum Gasteiger partial charge on any atom is -0.479 e. The zero-order chi connectivity index (χ0) is 12.4. The molecule has 0 aromatic carbocycles. The maximum atomic E-state index is 11.8. The number of rotatable bonds is 3. The second kappa shape index (κ2) is 4.05. The summed E-state index contributed by atoms with van der Waals surface area (Å²) in [5.74, 6) is -4.16. The van der Waals surface area contributed by atoms with Crippen molar-refractivity contribution in [1.29, 1.82) is 0 Å². The molecule has 3 N–H and O–H groups in total. The Balaban J connectivity index is 4.88. The Kier molecular flexibility index (Phi) is 3.70. The fourth-order valence-corrected chi connectivity index (χ4v) is 0.643. The molecule has 0 aliphatic rings. The van der Waals surface area contributed by atoms with Crippen molar-refractivity contribution in [2.75, 3.05) is 0 Å². The molecule has 0 aromatic rings. The highest BCUT2D eigenvalue weighted by Crippen LogP contribution is 2.18. The lowest BCUT2D eigenvalue weighted by atomic mass is 9.96. The molecule has 2 unspecified atom stereocenters. The molecule has 1 amide bonds. The van der Waals surface area contributed by atoms with E-state index in [-0.39, 0.29) is 0 Å². The van der Waals surface area contributed by atoms with Gasteiger partial charge in [0, 0.05) is 0 Å². The number of aliphatic hydroxyl groups is 1. The summed E-state index contributed by atoms with van der Waals surface area (Å²) in [6.07, 6.45) is -6.85. The molecule has 0 rings (SSSR count). The molecule has 88 valence electrons. The van der Waals surface area contributed by atoms with E-state index in [1.165, 1.54) is 5.32 Å². The second-order valence-electron chi connectivity index (χ2n) is 3.14. The summed E-state index contributed by atoms with van der Waals surface area (Å²) >= 11 is 0. The summed E-state index contributed by atoms with van der Waals surface area (Å²) in [7, 11) is 0. The van der Waals surface area contributed by atoms with Gasteiger partial charge in [-0.15, -0.1) is 0 Å². The standard InChI is InChI=1S/C7H10F3NO4/c1-3(12)6(2,5(14)15)11-4(13)7(8,9)10/h3,12H,1-2H3,(H,11,13)(H,14,15). The van der Waals surface area contributed by atoms with E-state index in [2.05, 4.69) is 0 Å².